The number of carbonyl (C=O) groups excluding carboxylic acids is 2. The van der Waals surface area contributed by atoms with Crippen molar-refractivity contribution in [2.45, 2.75) is 65.0 Å². The molecule has 1 aliphatic carbocycles. The van der Waals surface area contributed by atoms with E-state index in [2.05, 4.69) is 17.6 Å². The number of carbonyl (C=O) groups is 2. The highest BCUT2D eigenvalue weighted by molar-refractivity contribution is 5.97. The van der Waals surface area contributed by atoms with Crippen LogP contribution in [0.25, 0.3) is 0 Å². The normalized spacial score (nSPS) is 21.9. The molecule has 0 aliphatic heterocycles. The van der Waals surface area contributed by atoms with E-state index in [4.69, 9.17) is 4.74 Å². The van der Waals surface area contributed by atoms with Crippen molar-refractivity contribution in [1.82, 2.24) is 10.6 Å². The topological polar surface area (TPSA) is 67.4 Å². The summed E-state index contributed by atoms with van der Waals surface area (Å²) in [4.78, 5) is 25.1. The fourth-order valence-corrected chi connectivity index (χ4v) is 3.54. The van der Waals surface area contributed by atoms with Crippen LogP contribution >= 0.6 is 0 Å². The number of ether oxygens (including phenoxy) is 1. The van der Waals surface area contributed by atoms with E-state index in [0.29, 0.717) is 30.7 Å². The molecule has 2 N–H and O–H groups in total. The van der Waals surface area contributed by atoms with E-state index in [-0.39, 0.29) is 17.7 Å². The van der Waals surface area contributed by atoms with Crippen LogP contribution in [0.1, 0.15) is 63.2 Å². The fraction of sp³-hybridized carbons (Fsp3) is 0.636. The van der Waals surface area contributed by atoms with Crippen molar-refractivity contribution in [2.24, 2.45) is 11.8 Å². The molecule has 2 amide bonds. The van der Waals surface area contributed by atoms with Gasteiger partial charge in [0.25, 0.3) is 5.91 Å². The molecule has 5 nitrogen and oxygen atoms in total. The fourth-order valence-electron chi connectivity index (χ4n) is 3.54. The van der Waals surface area contributed by atoms with Gasteiger partial charge < -0.3 is 15.4 Å². The maximum absolute atomic E-state index is 12.6. The van der Waals surface area contributed by atoms with Gasteiger partial charge in [-0.2, -0.15) is 0 Å². The Morgan fingerprint density at radius 2 is 1.89 bits per heavy atom. The Balaban J connectivity index is 1.82. The Bertz CT molecular complexity index is 590. The lowest BCUT2D eigenvalue weighted by molar-refractivity contribution is -0.124. The molecule has 5 heteroatoms. The van der Waals surface area contributed by atoms with Gasteiger partial charge in [-0.25, -0.2) is 0 Å². The second kappa shape index (κ2) is 11.1. The largest absolute Gasteiger partial charge is 0.376 e. The van der Waals surface area contributed by atoms with E-state index in [9.17, 15) is 9.59 Å². The first-order valence-corrected chi connectivity index (χ1v) is 10.3. The molecule has 1 aromatic carbocycles. The minimum absolute atomic E-state index is 0.0527. The third kappa shape index (κ3) is 6.65. The van der Waals surface area contributed by atoms with Gasteiger partial charge in [0.15, 0.2) is 0 Å². The molecule has 0 saturated heterocycles. The summed E-state index contributed by atoms with van der Waals surface area (Å²) >= 11 is 0. The van der Waals surface area contributed by atoms with Crippen molar-refractivity contribution in [1.29, 1.82) is 0 Å². The molecule has 1 fully saturated rings. The quantitative estimate of drug-likeness (QED) is 0.650. The summed E-state index contributed by atoms with van der Waals surface area (Å²) in [6, 6.07) is 8.45. The van der Waals surface area contributed by atoms with Gasteiger partial charge in [0.2, 0.25) is 5.91 Å². The first kappa shape index (κ1) is 21.4. The summed E-state index contributed by atoms with van der Waals surface area (Å²) in [7, 11) is 0. The van der Waals surface area contributed by atoms with Gasteiger partial charge in [-0.15, -0.1) is 0 Å². The van der Waals surface area contributed by atoms with E-state index in [1.54, 1.807) is 12.1 Å². The monoisotopic (exact) mass is 374 g/mol. The average Bonchev–Trinajstić information content (AvgIpc) is 2.70. The van der Waals surface area contributed by atoms with Crippen LogP contribution in [0.2, 0.25) is 0 Å². The van der Waals surface area contributed by atoms with Gasteiger partial charge in [0.1, 0.15) is 6.04 Å². The smallest absolute Gasteiger partial charge is 0.251 e. The lowest BCUT2D eigenvalue weighted by atomic mass is 9.88. The molecule has 0 aromatic heterocycles. The van der Waals surface area contributed by atoms with Gasteiger partial charge in [0.05, 0.1) is 12.7 Å². The lowest BCUT2D eigenvalue weighted by Gasteiger charge is -2.29. The maximum Gasteiger partial charge on any atom is 0.251 e. The molecule has 0 heterocycles. The first-order valence-electron chi connectivity index (χ1n) is 10.3. The number of amides is 2. The number of nitrogens with one attached hydrogen (secondary N) is 2. The van der Waals surface area contributed by atoms with E-state index in [0.717, 1.165) is 12.8 Å². The van der Waals surface area contributed by atoms with Gasteiger partial charge >= 0.3 is 0 Å². The van der Waals surface area contributed by atoms with Crippen molar-refractivity contribution in [3.63, 3.8) is 0 Å². The van der Waals surface area contributed by atoms with Crippen LogP contribution in [0, 0.1) is 11.8 Å². The highest BCUT2D eigenvalue weighted by Gasteiger charge is 2.26. The van der Waals surface area contributed by atoms with Crippen LogP contribution in [0.4, 0.5) is 0 Å². The number of hydrogen-bond acceptors (Lipinski definition) is 3. The van der Waals surface area contributed by atoms with Crippen LogP contribution < -0.4 is 10.6 Å². The molecular weight excluding hydrogens is 340 g/mol. The average molecular weight is 375 g/mol. The zero-order valence-electron chi connectivity index (χ0n) is 16.9. The van der Waals surface area contributed by atoms with E-state index >= 15 is 0 Å². The Kier molecular flexibility index (Phi) is 8.79. The zero-order chi connectivity index (χ0) is 19.6. The molecule has 1 aliphatic rings. The van der Waals surface area contributed by atoms with Crippen LogP contribution in [0.5, 0.6) is 0 Å². The molecule has 27 heavy (non-hydrogen) atoms. The summed E-state index contributed by atoms with van der Waals surface area (Å²) in [5, 5.41) is 5.82. The SMILES string of the molecule is CCC(C)C(NC(=O)c1ccccc1)C(=O)NCCOC1CCCCC1C. The van der Waals surface area contributed by atoms with Crippen molar-refractivity contribution < 1.29 is 14.3 Å². The van der Waals surface area contributed by atoms with Gasteiger partial charge in [-0.3, -0.25) is 9.59 Å². The Labute approximate surface area is 163 Å². The van der Waals surface area contributed by atoms with Crippen molar-refractivity contribution in [3.8, 4) is 0 Å². The Morgan fingerprint density at radius 1 is 1.19 bits per heavy atom. The molecular formula is C22H34N2O3. The predicted molar refractivity (Wildman–Crippen MR) is 108 cm³/mol. The molecule has 0 spiro atoms. The van der Waals surface area contributed by atoms with Crippen LogP contribution in [-0.2, 0) is 9.53 Å². The standard InChI is InChI=1S/C22H34N2O3/c1-4-16(2)20(24-21(25)18-11-6-5-7-12-18)22(26)23-14-15-27-19-13-9-8-10-17(19)3/h5-7,11-12,16-17,19-20H,4,8-10,13-15H2,1-3H3,(H,23,26)(H,24,25). The Morgan fingerprint density at radius 3 is 2.56 bits per heavy atom. The van der Waals surface area contributed by atoms with Crippen LogP contribution in [-0.4, -0.2) is 37.1 Å². The molecule has 150 valence electrons. The minimum atomic E-state index is -0.545. The maximum atomic E-state index is 12.6. The second-order valence-electron chi connectivity index (χ2n) is 7.66. The van der Waals surface area contributed by atoms with Gasteiger partial charge in [-0.1, -0.05) is 58.2 Å². The highest BCUT2D eigenvalue weighted by atomic mass is 16.5. The van der Waals surface area contributed by atoms with E-state index in [1.807, 2.05) is 32.0 Å². The van der Waals surface area contributed by atoms with Gasteiger partial charge in [-0.05, 0) is 36.8 Å². The third-order valence-corrected chi connectivity index (χ3v) is 5.58. The highest BCUT2D eigenvalue weighted by Crippen LogP contribution is 2.25. The number of hydrogen-bond donors (Lipinski definition) is 2. The second-order valence-corrected chi connectivity index (χ2v) is 7.66. The lowest BCUT2D eigenvalue weighted by Crippen LogP contribution is -2.50. The number of benzene rings is 1. The van der Waals surface area contributed by atoms with Crippen molar-refractivity contribution in [3.05, 3.63) is 35.9 Å². The minimum Gasteiger partial charge on any atom is -0.376 e. The summed E-state index contributed by atoms with van der Waals surface area (Å²) in [5.41, 5.74) is 0.563. The first-order chi connectivity index (χ1) is 13.0. The zero-order valence-corrected chi connectivity index (χ0v) is 16.9. The Hall–Kier alpha value is -1.88. The van der Waals surface area contributed by atoms with Crippen molar-refractivity contribution in [2.75, 3.05) is 13.2 Å². The van der Waals surface area contributed by atoms with Crippen LogP contribution in [0.3, 0.4) is 0 Å². The third-order valence-electron chi connectivity index (χ3n) is 5.58. The number of rotatable bonds is 9. The molecule has 1 aromatic rings. The van der Waals surface area contributed by atoms with E-state index in [1.165, 1.54) is 19.3 Å². The molecule has 4 atom stereocenters. The van der Waals surface area contributed by atoms with Crippen LogP contribution in [0.15, 0.2) is 30.3 Å². The molecule has 0 radical (unpaired) electrons. The predicted octanol–water partition coefficient (Wildman–Crippen LogP) is 3.54. The molecule has 1 saturated carbocycles. The van der Waals surface area contributed by atoms with Gasteiger partial charge in [0, 0.05) is 12.1 Å². The molecule has 2 rings (SSSR count). The summed E-state index contributed by atoms with van der Waals surface area (Å²) in [6.07, 6.45) is 5.96. The molecule has 4 unspecified atom stereocenters. The summed E-state index contributed by atoms with van der Waals surface area (Å²) in [6.45, 7) is 7.22. The summed E-state index contributed by atoms with van der Waals surface area (Å²) < 4.78 is 5.96. The molecule has 0 bridgehead atoms. The summed E-state index contributed by atoms with van der Waals surface area (Å²) in [5.74, 6) is 0.279. The van der Waals surface area contributed by atoms with E-state index < -0.39 is 6.04 Å². The van der Waals surface area contributed by atoms with Crippen molar-refractivity contribution >= 4 is 11.8 Å².